The molecule has 1 N–H and O–H groups in total. The van der Waals surface area contributed by atoms with Gasteiger partial charge in [0.05, 0.1) is 18.8 Å². The fourth-order valence-electron chi connectivity index (χ4n) is 3.36. The molecule has 1 aromatic rings. The van der Waals surface area contributed by atoms with Crippen LogP contribution in [0.15, 0.2) is 18.3 Å². The highest BCUT2D eigenvalue weighted by Crippen LogP contribution is 2.21. The van der Waals surface area contributed by atoms with Crippen LogP contribution in [-0.2, 0) is 4.74 Å². The molecular weight excluding hydrogens is 304 g/mol. The Hall–Kier alpha value is -1.66. The van der Waals surface area contributed by atoms with Crippen molar-refractivity contribution in [2.24, 2.45) is 0 Å². The summed E-state index contributed by atoms with van der Waals surface area (Å²) in [5.74, 6) is 0.818. The van der Waals surface area contributed by atoms with Gasteiger partial charge in [-0.05, 0) is 25.0 Å². The fraction of sp³-hybridized carbons (Fsp3) is 0.667. The number of carbonyl (C=O) groups is 1. The number of hydrogen-bond donors (Lipinski definition) is 1. The monoisotopic (exact) mass is 332 g/mol. The van der Waals surface area contributed by atoms with Crippen molar-refractivity contribution in [2.75, 3.05) is 57.4 Å². The number of nitrogens with one attached hydrogen (secondary N) is 1. The van der Waals surface area contributed by atoms with Gasteiger partial charge < -0.3 is 15.0 Å². The maximum Gasteiger partial charge on any atom is 0.255 e. The van der Waals surface area contributed by atoms with Gasteiger partial charge in [-0.3, -0.25) is 9.69 Å². The SMILES string of the molecule is O=C(NCCN1CCOCC1)c1cccnc1N1CCCCCC1. The van der Waals surface area contributed by atoms with Crippen LogP contribution in [0.4, 0.5) is 5.82 Å². The largest absolute Gasteiger partial charge is 0.379 e. The topological polar surface area (TPSA) is 57.7 Å². The first kappa shape index (κ1) is 17.2. The van der Waals surface area contributed by atoms with Gasteiger partial charge in [-0.15, -0.1) is 0 Å². The number of carbonyl (C=O) groups excluding carboxylic acids is 1. The molecule has 0 spiro atoms. The Bertz CT molecular complexity index is 524. The van der Waals surface area contributed by atoms with Gasteiger partial charge in [0.1, 0.15) is 5.82 Å². The van der Waals surface area contributed by atoms with E-state index in [0.29, 0.717) is 12.1 Å². The number of ether oxygens (including phenoxy) is 1. The smallest absolute Gasteiger partial charge is 0.255 e. The zero-order valence-electron chi connectivity index (χ0n) is 14.4. The molecule has 0 aromatic carbocycles. The lowest BCUT2D eigenvalue weighted by atomic mass is 10.2. The Morgan fingerprint density at radius 1 is 1.12 bits per heavy atom. The molecule has 0 atom stereocenters. The van der Waals surface area contributed by atoms with Crippen LogP contribution in [0.2, 0.25) is 0 Å². The molecule has 6 heteroatoms. The first-order valence-electron chi connectivity index (χ1n) is 9.13. The summed E-state index contributed by atoms with van der Waals surface area (Å²) in [6, 6.07) is 3.73. The minimum absolute atomic E-state index is 0.0180. The molecule has 3 heterocycles. The molecule has 2 fully saturated rings. The van der Waals surface area contributed by atoms with E-state index in [0.717, 1.165) is 51.8 Å². The van der Waals surface area contributed by atoms with Gasteiger partial charge >= 0.3 is 0 Å². The average Bonchev–Trinajstić information content (AvgIpc) is 2.92. The van der Waals surface area contributed by atoms with Gasteiger partial charge in [-0.1, -0.05) is 12.8 Å². The molecule has 3 rings (SSSR count). The molecule has 132 valence electrons. The third-order valence-corrected chi connectivity index (χ3v) is 4.75. The number of anilines is 1. The number of amides is 1. The fourth-order valence-corrected chi connectivity index (χ4v) is 3.36. The highest BCUT2D eigenvalue weighted by atomic mass is 16.5. The van der Waals surface area contributed by atoms with Crippen molar-refractivity contribution in [3.05, 3.63) is 23.9 Å². The third kappa shape index (κ3) is 4.68. The lowest BCUT2D eigenvalue weighted by Crippen LogP contribution is -2.41. The summed E-state index contributed by atoms with van der Waals surface area (Å²) in [4.78, 5) is 21.7. The van der Waals surface area contributed by atoms with Crippen LogP contribution in [-0.4, -0.2) is 68.3 Å². The summed E-state index contributed by atoms with van der Waals surface area (Å²) < 4.78 is 5.35. The first-order valence-corrected chi connectivity index (χ1v) is 9.13. The maximum atomic E-state index is 12.6. The van der Waals surface area contributed by atoms with Gasteiger partial charge in [0.2, 0.25) is 0 Å². The van der Waals surface area contributed by atoms with Gasteiger partial charge in [-0.25, -0.2) is 4.98 Å². The molecule has 0 bridgehead atoms. The molecule has 0 saturated carbocycles. The summed E-state index contributed by atoms with van der Waals surface area (Å²) >= 11 is 0. The van der Waals surface area contributed by atoms with E-state index in [4.69, 9.17) is 4.74 Å². The van der Waals surface area contributed by atoms with E-state index in [9.17, 15) is 4.79 Å². The minimum Gasteiger partial charge on any atom is -0.379 e. The number of nitrogens with zero attached hydrogens (tertiary/aromatic N) is 3. The van der Waals surface area contributed by atoms with Crippen LogP contribution in [0.3, 0.4) is 0 Å². The van der Waals surface area contributed by atoms with Crippen molar-refractivity contribution in [3.63, 3.8) is 0 Å². The molecule has 2 saturated heterocycles. The van der Waals surface area contributed by atoms with Crippen LogP contribution in [0.1, 0.15) is 36.0 Å². The molecule has 2 aliphatic heterocycles. The number of morpholine rings is 1. The number of rotatable bonds is 5. The normalized spacial score (nSPS) is 19.8. The molecule has 0 unspecified atom stereocenters. The van der Waals surface area contributed by atoms with Gasteiger partial charge in [0.25, 0.3) is 5.91 Å². The molecule has 6 nitrogen and oxygen atoms in total. The van der Waals surface area contributed by atoms with Gasteiger partial charge in [0.15, 0.2) is 0 Å². The molecule has 0 aliphatic carbocycles. The molecule has 0 radical (unpaired) electrons. The summed E-state index contributed by atoms with van der Waals surface area (Å²) in [5.41, 5.74) is 0.696. The second kappa shape index (κ2) is 8.99. The average molecular weight is 332 g/mol. The van der Waals surface area contributed by atoms with E-state index in [1.165, 1.54) is 25.7 Å². The van der Waals surface area contributed by atoms with Crippen molar-refractivity contribution < 1.29 is 9.53 Å². The van der Waals surface area contributed by atoms with Crippen molar-refractivity contribution in [2.45, 2.75) is 25.7 Å². The van der Waals surface area contributed by atoms with E-state index in [-0.39, 0.29) is 5.91 Å². The Kier molecular flexibility index (Phi) is 6.43. The summed E-state index contributed by atoms with van der Waals surface area (Å²) in [5, 5.41) is 3.05. The molecule has 24 heavy (non-hydrogen) atoms. The summed E-state index contributed by atoms with van der Waals surface area (Å²) in [6.07, 6.45) is 6.67. The number of pyridine rings is 1. The van der Waals surface area contributed by atoms with Crippen LogP contribution < -0.4 is 10.2 Å². The quantitative estimate of drug-likeness (QED) is 0.886. The molecule has 2 aliphatic rings. The Balaban J connectivity index is 1.57. The van der Waals surface area contributed by atoms with Crippen molar-refractivity contribution >= 4 is 11.7 Å². The predicted octanol–water partition coefficient (Wildman–Crippen LogP) is 1.52. The van der Waals surface area contributed by atoms with Crippen LogP contribution in [0.25, 0.3) is 0 Å². The van der Waals surface area contributed by atoms with E-state index in [1.807, 2.05) is 12.1 Å². The van der Waals surface area contributed by atoms with E-state index in [2.05, 4.69) is 20.1 Å². The van der Waals surface area contributed by atoms with Crippen molar-refractivity contribution in [1.82, 2.24) is 15.2 Å². The molecule has 1 aromatic heterocycles. The van der Waals surface area contributed by atoms with Crippen LogP contribution in [0.5, 0.6) is 0 Å². The van der Waals surface area contributed by atoms with E-state index in [1.54, 1.807) is 6.20 Å². The van der Waals surface area contributed by atoms with Crippen molar-refractivity contribution in [1.29, 1.82) is 0 Å². The minimum atomic E-state index is -0.0180. The Morgan fingerprint density at radius 2 is 1.88 bits per heavy atom. The molecular formula is C18H28N4O2. The van der Waals surface area contributed by atoms with E-state index < -0.39 is 0 Å². The molecule has 1 amide bonds. The lowest BCUT2D eigenvalue weighted by Gasteiger charge is -2.27. The zero-order chi connectivity index (χ0) is 16.6. The highest BCUT2D eigenvalue weighted by Gasteiger charge is 2.19. The predicted molar refractivity (Wildman–Crippen MR) is 94.5 cm³/mol. The lowest BCUT2D eigenvalue weighted by molar-refractivity contribution is 0.0383. The number of hydrogen-bond acceptors (Lipinski definition) is 5. The third-order valence-electron chi connectivity index (χ3n) is 4.75. The summed E-state index contributed by atoms with van der Waals surface area (Å²) in [6.45, 7) is 6.98. The van der Waals surface area contributed by atoms with Gasteiger partial charge in [0, 0.05) is 45.5 Å². The Labute approximate surface area is 144 Å². The standard InChI is InChI=1S/C18H28N4O2/c23-18(20-8-11-21-12-14-24-15-13-21)16-6-5-7-19-17(16)22-9-3-1-2-4-10-22/h5-7H,1-4,8-15H2,(H,20,23). The van der Waals surface area contributed by atoms with Gasteiger partial charge in [-0.2, -0.15) is 0 Å². The first-order chi connectivity index (χ1) is 11.8. The van der Waals surface area contributed by atoms with E-state index >= 15 is 0 Å². The second-order valence-corrected chi connectivity index (χ2v) is 6.49. The number of aromatic nitrogens is 1. The maximum absolute atomic E-state index is 12.6. The van der Waals surface area contributed by atoms with Crippen LogP contribution in [0, 0.1) is 0 Å². The van der Waals surface area contributed by atoms with Crippen LogP contribution >= 0.6 is 0 Å². The highest BCUT2D eigenvalue weighted by molar-refractivity contribution is 5.98. The van der Waals surface area contributed by atoms with Crippen molar-refractivity contribution in [3.8, 4) is 0 Å². The second-order valence-electron chi connectivity index (χ2n) is 6.49. The zero-order valence-corrected chi connectivity index (χ0v) is 14.4. The summed E-state index contributed by atoms with van der Waals surface area (Å²) in [7, 11) is 0. The Morgan fingerprint density at radius 3 is 2.62 bits per heavy atom.